The predicted molar refractivity (Wildman–Crippen MR) is 109 cm³/mol. The minimum atomic E-state index is 0.0245. The standard InChI is InChI=1S/C21H31N5O/c1-16(2)6-13-26-14-8-18-19(9-15-26)23-21(24-20(18)27)25(3)12-7-17-4-10-22-11-5-17/h4-5,10-11,16H,6-9,12-15H2,1-3H3,(H,23,24,27). The van der Waals surface area contributed by atoms with Crippen molar-refractivity contribution in [2.45, 2.75) is 39.5 Å². The van der Waals surface area contributed by atoms with Gasteiger partial charge in [0.15, 0.2) is 0 Å². The summed E-state index contributed by atoms with van der Waals surface area (Å²) in [7, 11) is 1.98. The van der Waals surface area contributed by atoms with Crippen LogP contribution in [0, 0.1) is 5.92 Å². The molecule has 1 aliphatic rings. The summed E-state index contributed by atoms with van der Waals surface area (Å²) < 4.78 is 0. The van der Waals surface area contributed by atoms with E-state index < -0.39 is 0 Å². The van der Waals surface area contributed by atoms with E-state index in [1.54, 1.807) is 0 Å². The Kier molecular flexibility index (Phi) is 6.61. The Balaban J connectivity index is 1.66. The molecule has 0 bridgehead atoms. The molecule has 0 aliphatic carbocycles. The highest BCUT2D eigenvalue weighted by Crippen LogP contribution is 2.15. The summed E-state index contributed by atoms with van der Waals surface area (Å²) in [5.41, 5.74) is 3.09. The van der Waals surface area contributed by atoms with Crippen molar-refractivity contribution < 1.29 is 0 Å². The maximum absolute atomic E-state index is 12.6. The fraction of sp³-hybridized carbons (Fsp3) is 0.571. The largest absolute Gasteiger partial charge is 0.345 e. The van der Waals surface area contributed by atoms with Crippen molar-refractivity contribution in [3.05, 3.63) is 51.7 Å². The van der Waals surface area contributed by atoms with Gasteiger partial charge < -0.3 is 9.80 Å². The van der Waals surface area contributed by atoms with Crippen molar-refractivity contribution in [3.63, 3.8) is 0 Å². The fourth-order valence-electron chi connectivity index (χ4n) is 3.44. The molecule has 1 N–H and O–H groups in total. The lowest BCUT2D eigenvalue weighted by Gasteiger charge is -2.20. The van der Waals surface area contributed by atoms with E-state index in [1.165, 1.54) is 12.0 Å². The molecule has 0 fully saturated rings. The summed E-state index contributed by atoms with van der Waals surface area (Å²) in [6.45, 7) is 8.34. The van der Waals surface area contributed by atoms with E-state index in [2.05, 4.69) is 28.7 Å². The number of pyridine rings is 1. The van der Waals surface area contributed by atoms with Crippen LogP contribution < -0.4 is 10.5 Å². The van der Waals surface area contributed by atoms with E-state index in [0.717, 1.165) is 56.7 Å². The van der Waals surface area contributed by atoms with Crippen LogP contribution in [0.1, 0.15) is 37.1 Å². The molecular formula is C21H31N5O. The number of hydrogen-bond acceptors (Lipinski definition) is 5. The first-order valence-electron chi connectivity index (χ1n) is 9.97. The molecule has 0 unspecified atom stereocenters. The molecule has 0 aromatic carbocycles. The lowest BCUT2D eigenvalue weighted by Crippen LogP contribution is -2.29. The maximum atomic E-state index is 12.6. The van der Waals surface area contributed by atoms with Crippen LogP contribution in [0.3, 0.4) is 0 Å². The third kappa shape index (κ3) is 5.39. The van der Waals surface area contributed by atoms with Gasteiger partial charge in [0, 0.05) is 51.1 Å². The minimum absolute atomic E-state index is 0.0245. The normalized spacial score (nSPS) is 14.8. The quantitative estimate of drug-likeness (QED) is 0.811. The van der Waals surface area contributed by atoms with Gasteiger partial charge in [-0.3, -0.25) is 14.8 Å². The highest BCUT2D eigenvalue weighted by atomic mass is 16.1. The van der Waals surface area contributed by atoms with Crippen LogP contribution >= 0.6 is 0 Å². The van der Waals surface area contributed by atoms with E-state index in [4.69, 9.17) is 4.98 Å². The molecule has 3 rings (SSSR count). The molecule has 0 saturated heterocycles. The molecule has 27 heavy (non-hydrogen) atoms. The van der Waals surface area contributed by atoms with Crippen LogP contribution in [0.15, 0.2) is 29.3 Å². The van der Waals surface area contributed by atoms with E-state index >= 15 is 0 Å². The zero-order valence-corrected chi connectivity index (χ0v) is 16.7. The SMILES string of the molecule is CC(C)CCN1CCc2nc(N(C)CCc3ccncc3)[nH]c(=O)c2CC1. The summed E-state index contributed by atoms with van der Waals surface area (Å²) in [4.78, 5) is 29.0. The van der Waals surface area contributed by atoms with Crippen molar-refractivity contribution in [3.8, 4) is 0 Å². The Labute approximate surface area is 161 Å². The van der Waals surface area contributed by atoms with Gasteiger partial charge in [-0.2, -0.15) is 0 Å². The lowest BCUT2D eigenvalue weighted by atomic mass is 10.1. The highest BCUT2D eigenvalue weighted by Gasteiger charge is 2.19. The topological polar surface area (TPSA) is 65.1 Å². The molecule has 6 nitrogen and oxygen atoms in total. The third-order valence-electron chi connectivity index (χ3n) is 5.30. The fourth-order valence-corrected chi connectivity index (χ4v) is 3.44. The number of H-pyrrole nitrogens is 1. The Morgan fingerprint density at radius 2 is 1.96 bits per heavy atom. The van der Waals surface area contributed by atoms with Gasteiger partial charge in [-0.1, -0.05) is 13.8 Å². The van der Waals surface area contributed by atoms with Gasteiger partial charge in [0.25, 0.3) is 5.56 Å². The summed E-state index contributed by atoms with van der Waals surface area (Å²) in [6.07, 6.45) is 7.34. The third-order valence-corrected chi connectivity index (χ3v) is 5.30. The van der Waals surface area contributed by atoms with Crippen LogP contribution in [-0.4, -0.2) is 53.1 Å². The summed E-state index contributed by atoms with van der Waals surface area (Å²) in [6, 6.07) is 4.04. The van der Waals surface area contributed by atoms with E-state index in [-0.39, 0.29) is 5.56 Å². The predicted octanol–water partition coefficient (Wildman–Crippen LogP) is 2.29. The molecule has 2 aromatic rings. The van der Waals surface area contributed by atoms with Gasteiger partial charge in [0.05, 0.1) is 5.69 Å². The molecule has 3 heterocycles. The van der Waals surface area contributed by atoms with Crippen LogP contribution in [-0.2, 0) is 19.3 Å². The average molecular weight is 370 g/mol. The van der Waals surface area contributed by atoms with Crippen molar-refractivity contribution >= 4 is 5.95 Å². The molecule has 2 aromatic heterocycles. The second kappa shape index (κ2) is 9.13. The monoisotopic (exact) mass is 369 g/mol. The number of anilines is 1. The molecular weight excluding hydrogens is 338 g/mol. The average Bonchev–Trinajstić information content (AvgIpc) is 2.88. The molecule has 0 saturated carbocycles. The highest BCUT2D eigenvalue weighted by molar-refractivity contribution is 5.33. The van der Waals surface area contributed by atoms with Gasteiger partial charge in [-0.15, -0.1) is 0 Å². The zero-order valence-electron chi connectivity index (χ0n) is 16.7. The van der Waals surface area contributed by atoms with Gasteiger partial charge in [-0.25, -0.2) is 4.98 Å². The first-order chi connectivity index (χ1) is 13.0. The number of aromatic nitrogens is 3. The smallest absolute Gasteiger partial charge is 0.255 e. The Morgan fingerprint density at radius 1 is 1.22 bits per heavy atom. The second-order valence-corrected chi connectivity index (χ2v) is 7.87. The summed E-state index contributed by atoms with van der Waals surface area (Å²) >= 11 is 0. The summed E-state index contributed by atoms with van der Waals surface area (Å²) in [5.74, 6) is 1.38. The first kappa shape index (κ1) is 19.5. The Hall–Kier alpha value is -2.21. The van der Waals surface area contributed by atoms with Gasteiger partial charge in [-0.05, 0) is 49.4 Å². The number of fused-ring (bicyclic) bond motifs is 1. The molecule has 0 spiro atoms. The van der Waals surface area contributed by atoms with Crippen molar-refractivity contribution in [1.82, 2.24) is 19.9 Å². The van der Waals surface area contributed by atoms with Crippen LogP contribution in [0.25, 0.3) is 0 Å². The molecule has 0 radical (unpaired) electrons. The lowest BCUT2D eigenvalue weighted by molar-refractivity contribution is 0.269. The number of hydrogen-bond donors (Lipinski definition) is 1. The van der Waals surface area contributed by atoms with Crippen molar-refractivity contribution in [2.75, 3.05) is 38.1 Å². The molecule has 146 valence electrons. The first-order valence-corrected chi connectivity index (χ1v) is 9.97. The number of nitrogens with one attached hydrogen (secondary N) is 1. The number of nitrogens with zero attached hydrogens (tertiary/aromatic N) is 4. The Morgan fingerprint density at radius 3 is 2.70 bits per heavy atom. The van der Waals surface area contributed by atoms with Crippen molar-refractivity contribution in [2.24, 2.45) is 5.92 Å². The molecule has 0 atom stereocenters. The van der Waals surface area contributed by atoms with E-state index in [9.17, 15) is 4.79 Å². The molecule has 6 heteroatoms. The number of likely N-dealkylation sites (N-methyl/N-ethyl adjacent to an activating group) is 1. The maximum Gasteiger partial charge on any atom is 0.255 e. The summed E-state index contributed by atoms with van der Waals surface area (Å²) in [5, 5.41) is 0. The molecule has 1 aliphatic heterocycles. The van der Waals surface area contributed by atoms with E-state index in [0.29, 0.717) is 11.9 Å². The molecule has 0 amide bonds. The van der Waals surface area contributed by atoms with Gasteiger partial charge in [0.2, 0.25) is 5.95 Å². The van der Waals surface area contributed by atoms with E-state index in [1.807, 2.05) is 36.5 Å². The van der Waals surface area contributed by atoms with Crippen molar-refractivity contribution in [1.29, 1.82) is 0 Å². The zero-order chi connectivity index (χ0) is 19.2. The Bertz CT molecular complexity index is 787. The second-order valence-electron chi connectivity index (χ2n) is 7.87. The van der Waals surface area contributed by atoms with Crippen LogP contribution in [0.2, 0.25) is 0 Å². The minimum Gasteiger partial charge on any atom is -0.345 e. The number of aromatic amines is 1. The number of rotatable bonds is 7. The van der Waals surface area contributed by atoms with Crippen LogP contribution in [0.5, 0.6) is 0 Å². The van der Waals surface area contributed by atoms with Gasteiger partial charge >= 0.3 is 0 Å². The van der Waals surface area contributed by atoms with Crippen LogP contribution in [0.4, 0.5) is 5.95 Å². The van der Waals surface area contributed by atoms with Gasteiger partial charge in [0.1, 0.15) is 0 Å².